The van der Waals surface area contributed by atoms with E-state index < -0.39 is 34.5 Å². The van der Waals surface area contributed by atoms with E-state index in [-0.39, 0.29) is 16.8 Å². The summed E-state index contributed by atoms with van der Waals surface area (Å²) < 4.78 is 38.7. The van der Waals surface area contributed by atoms with Crippen molar-refractivity contribution in [1.29, 1.82) is 0 Å². The van der Waals surface area contributed by atoms with Crippen LogP contribution >= 0.6 is 0 Å². The smallest absolute Gasteiger partial charge is 0.394 e. The summed E-state index contributed by atoms with van der Waals surface area (Å²) in [6, 6.07) is 0. The highest BCUT2D eigenvalue weighted by Crippen LogP contribution is 2.31. The monoisotopic (exact) mass is 484 g/mol. The Morgan fingerprint density at radius 2 is 0.552 bits per heavy atom. The summed E-state index contributed by atoms with van der Waals surface area (Å²) in [6.07, 6.45) is 0. The zero-order valence-corrected chi connectivity index (χ0v) is 25.9. The van der Waals surface area contributed by atoms with Gasteiger partial charge in [-0.25, -0.2) is 0 Å². The molecule has 0 aliphatic rings. The molecule has 0 saturated heterocycles. The molecule has 0 spiro atoms. The highest BCUT2D eigenvalue weighted by atomic mass is 28.5. The summed E-state index contributed by atoms with van der Waals surface area (Å²) in [5, 5.41) is 0. The molecule has 0 bridgehead atoms. The van der Waals surface area contributed by atoms with Crippen molar-refractivity contribution < 1.29 is 25.6 Å². The van der Waals surface area contributed by atoms with Gasteiger partial charge in [-0.2, -0.15) is 0 Å². The van der Waals surface area contributed by atoms with Crippen molar-refractivity contribution in [2.75, 3.05) is 0 Å². The van der Waals surface area contributed by atoms with E-state index in [2.05, 4.69) is 0 Å². The average molecular weight is 485 g/mol. The van der Waals surface area contributed by atoms with Gasteiger partial charge in [0.1, 0.15) is 0 Å². The fourth-order valence-electron chi connectivity index (χ4n) is 3.68. The first-order chi connectivity index (χ1) is 12.2. The molecule has 10 heteroatoms. The second-order valence-electron chi connectivity index (χ2n) is 12.0. The van der Waals surface area contributed by atoms with Gasteiger partial charge in [-0.3, -0.25) is 0 Å². The summed E-state index contributed by atoms with van der Waals surface area (Å²) in [7, 11) is -10.8. The Morgan fingerprint density at radius 1 is 0.379 bits per heavy atom. The van der Waals surface area contributed by atoms with Crippen LogP contribution in [0.2, 0.25) is 45.8 Å². The molecule has 0 heterocycles. The minimum atomic E-state index is -3.14. The van der Waals surface area contributed by atoms with Crippen molar-refractivity contribution in [3.05, 3.63) is 0 Å². The molecule has 0 aromatic carbocycles. The molecule has 0 aliphatic heterocycles. The average Bonchev–Trinajstić information content (AvgIpc) is 2.10. The Morgan fingerprint density at radius 3 is 0.690 bits per heavy atom. The molecule has 0 aliphatic carbocycles. The first-order valence-corrected chi connectivity index (χ1v) is 21.1. The summed E-state index contributed by atoms with van der Waals surface area (Å²) in [6.45, 7) is 32.5. The minimum Gasteiger partial charge on any atom is -0.394 e. The molecule has 0 aromatic rings. The van der Waals surface area contributed by atoms with Gasteiger partial charge in [-0.05, 0) is 102 Å². The molecule has 6 nitrogen and oxygen atoms in total. The highest BCUT2D eigenvalue weighted by Gasteiger charge is 2.53. The summed E-state index contributed by atoms with van der Waals surface area (Å²) in [5.41, 5.74) is -0.932. The third kappa shape index (κ3) is 15.1. The van der Waals surface area contributed by atoms with Gasteiger partial charge in [-0.1, -0.05) is 0 Å². The zero-order chi connectivity index (χ0) is 23.7. The predicted molar refractivity (Wildman–Crippen MR) is 130 cm³/mol. The summed E-state index contributed by atoms with van der Waals surface area (Å²) in [4.78, 5) is 0. The van der Waals surface area contributed by atoms with Crippen LogP contribution in [-0.2, 0) is 25.6 Å². The van der Waals surface area contributed by atoms with Crippen molar-refractivity contribution in [1.82, 2.24) is 0 Å². The van der Waals surface area contributed by atoms with Crippen LogP contribution in [0.4, 0.5) is 0 Å². The van der Waals surface area contributed by atoms with Gasteiger partial charge in [0.05, 0.1) is 16.8 Å². The van der Waals surface area contributed by atoms with Crippen LogP contribution in [0, 0.1) is 0 Å². The van der Waals surface area contributed by atoms with E-state index in [0.717, 1.165) is 0 Å². The van der Waals surface area contributed by atoms with Crippen LogP contribution < -0.4 is 0 Å². The van der Waals surface area contributed by atoms with Crippen LogP contribution in [0.25, 0.3) is 0 Å². The van der Waals surface area contributed by atoms with Crippen LogP contribution in [0.1, 0.15) is 62.3 Å². The lowest BCUT2D eigenvalue weighted by Crippen LogP contribution is -2.63. The maximum atomic E-state index is 6.62. The largest absolute Gasteiger partial charge is 0.470 e. The van der Waals surface area contributed by atoms with Crippen molar-refractivity contribution in [3.63, 3.8) is 0 Å². The standard InChI is InChI=1S/C19H48O6Si4/c1-17(2,3)20-26(10,11)23-29(16,24-27(12,13)21-18(4,5)6)25-28(14,15)22-19(7,8)9/h1-16H3. The van der Waals surface area contributed by atoms with Crippen molar-refractivity contribution in [2.24, 2.45) is 0 Å². The van der Waals surface area contributed by atoms with Gasteiger partial charge in [0, 0.05) is 6.55 Å². The first kappa shape index (κ1) is 29.6. The van der Waals surface area contributed by atoms with Gasteiger partial charge < -0.3 is 25.6 Å². The van der Waals surface area contributed by atoms with Crippen LogP contribution in [0.3, 0.4) is 0 Å². The fraction of sp³-hybridized carbons (Fsp3) is 1.00. The van der Waals surface area contributed by atoms with E-state index in [1.807, 2.05) is 108 Å². The number of hydrogen-bond acceptors (Lipinski definition) is 6. The van der Waals surface area contributed by atoms with Crippen LogP contribution in [-0.4, -0.2) is 51.3 Å². The summed E-state index contributed by atoms with van der Waals surface area (Å²) >= 11 is 0. The Kier molecular flexibility index (Phi) is 9.44. The number of hydrogen-bond donors (Lipinski definition) is 0. The topological polar surface area (TPSA) is 55.4 Å². The van der Waals surface area contributed by atoms with Crippen LogP contribution in [0.15, 0.2) is 0 Å². The molecule has 29 heavy (non-hydrogen) atoms. The van der Waals surface area contributed by atoms with Crippen molar-refractivity contribution in [2.45, 2.75) is 125 Å². The van der Waals surface area contributed by atoms with Gasteiger partial charge in [0.25, 0.3) is 0 Å². The van der Waals surface area contributed by atoms with Gasteiger partial charge in [0.2, 0.25) is 0 Å². The Hall–Kier alpha value is 0.628. The molecule has 176 valence electrons. The van der Waals surface area contributed by atoms with E-state index in [1.165, 1.54) is 0 Å². The van der Waals surface area contributed by atoms with E-state index in [4.69, 9.17) is 25.6 Å². The normalized spacial score (nSPS) is 15.7. The summed E-state index contributed by atoms with van der Waals surface area (Å²) in [5.74, 6) is 0. The molecule has 0 saturated carbocycles. The Balaban J connectivity index is 5.85. The predicted octanol–water partition coefficient (Wildman–Crippen LogP) is 6.16. The van der Waals surface area contributed by atoms with Crippen molar-refractivity contribution in [3.8, 4) is 0 Å². The maximum Gasteiger partial charge on any atom is 0.470 e. The van der Waals surface area contributed by atoms with E-state index in [0.29, 0.717) is 0 Å². The SMILES string of the molecule is CC(C)(C)O[Si](C)(C)O[Si](C)(O[Si](C)(C)OC(C)(C)C)O[Si](C)(C)OC(C)(C)C. The van der Waals surface area contributed by atoms with Crippen molar-refractivity contribution >= 4 is 34.5 Å². The van der Waals surface area contributed by atoms with E-state index >= 15 is 0 Å². The zero-order valence-electron chi connectivity index (χ0n) is 21.9. The van der Waals surface area contributed by atoms with Gasteiger partial charge in [0.15, 0.2) is 0 Å². The Bertz CT molecular complexity index is 456. The van der Waals surface area contributed by atoms with E-state index in [1.54, 1.807) is 0 Å². The molecule has 0 atom stereocenters. The maximum absolute atomic E-state index is 6.62. The lowest BCUT2D eigenvalue weighted by Gasteiger charge is -2.45. The fourth-order valence-corrected chi connectivity index (χ4v) is 20.9. The molecule has 0 fully saturated rings. The molecular weight excluding hydrogens is 437 g/mol. The molecule has 0 aromatic heterocycles. The van der Waals surface area contributed by atoms with Gasteiger partial charge in [-0.15, -0.1) is 0 Å². The number of rotatable bonds is 9. The first-order valence-electron chi connectivity index (χ1n) is 10.4. The van der Waals surface area contributed by atoms with Gasteiger partial charge >= 0.3 is 34.5 Å². The molecular formula is C19H48O6Si4. The Labute approximate surface area is 185 Å². The lowest BCUT2D eigenvalue weighted by atomic mass is 10.2. The highest BCUT2D eigenvalue weighted by molar-refractivity contribution is 6.86. The molecule has 0 unspecified atom stereocenters. The van der Waals surface area contributed by atoms with Crippen LogP contribution in [0.5, 0.6) is 0 Å². The third-order valence-electron chi connectivity index (χ3n) is 2.95. The molecule has 0 rings (SSSR count). The molecule has 0 amide bonds. The second-order valence-corrected chi connectivity index (χ2v) is 25.2. The van der Waals surface area contributed by atoms with E-state index in [9.17, 15) is 0 Å². The quantitative estimate of drug-likeness (QED) is 0.365. The minimum absolute atomic E-state index is 0.311. The molecule has 0 N–H and O–H groups in total. The second kappa shape index (κ2) is 9.24. The molecule has 0 radical (unpaired) electrons. The lowest BCUT2D eigenvalue weighted by molar-refractivity contribution is 0.0526. The third-order valence-corrected chi connectivity index (χ3v) is 16.6.